The zero-order chi connectivity index (χ0) is 16.2. The Morgan fingerprint density at radius 1 is 1.17 bits per heavy atom. The smallest absolute Gasteiger partial charge is 0.270 e. The first-order valence-corrected chi connectivity index (χ1v) is 6.82. The van der Waals surface area contributed by atoms with E-state index in [1.165, 1.54) is 23.0 Å². The minimum absolute atomic E-state index is 0.0116. The van der Waals surface area contributed by atoms with Gasteiger partial charge in [0.2, 0.25) is 5.95 Å². The second-order valence-corrected chi connectivity index (χ2v) is 4.79. The molecule has 0 unspecified atom stereocenters. The summed E-state index contributed by atoms with van der Waals surface area (Å²) in [5.74, 6) is 0.241. The third kappa shape index (κ3) is 3.24. The molecule has 1 aromatic heterocycles. The number of nitro groups is 1. The van der Waals surface area contributed by atoms with Gasteiger partial charge in [-0.2, -0.15) is 5.10 Å². The van der Waals surface area contributed by atoms with Gasteiger partial charge in [0.15, 0.2) is 0 Å². The molecule has 1 heterocycles. The van der Waals surface area contributed by atoms with Gasteiger partial charge in [-0.3, -0.25) is 10.1 Å². The molecule has 2 aromatic carbocycles. The number of hydrogen-bond donors (Lipinski definition) is 1. The van der Waals surface area contributed by atoms with E-state index in [0.717, 1.165) is 5.56 Å². The number of benzene rings is 2. The van der Waals surface area contributed by atoms with E-state index in [0.29, 0.717) is 11.3 Å². The predicted molar refractivity (Wildman–Crippen MR) is 88.2 cm³/mol. The molecule has 3 aromatic rings. The van der Waals surface area contributed by atoms with Crippen molar-refractivity contribution >= 4 is 17.9 Å². The molecule has 0 amide bonds. The fraction of sp³-hybridized carbons (Fsp3) is 0. The topological polar surface area (TPSA) is 99.3 Å². The van der Waals surface area contributed by atoms with Crippen LogP contribution in [0.4, 0.5) is 11.6 Å². The van der Waals surface area contributed by atoms with Gasteiger partial charge in [-0.25, -0.2) is 9.66 Å². The second kappa shape index (κ2) is 6.10. The Balaban J connectivity index is 1.87. The van der Waals surface area contributed by atoms with Crippen LogP contribution in [0.1, 0.15) is 5.56 Å². The Bertz CT molecular complexity index is 871. The highest BCUT2D eigenvalue weighted by Gasteiger charge is 2.07. The van der Waals surface area contributed by atoms with Crippen molar-refractivity contribution in [3.63, 3.8) is 0 Å². The molecule has 0 atom stereocenters. The molecular weight excluding hydrogens is 294 g/mol. The minimum Gasteiger partial charge on any atom is -0.368 e. The average molecular weight is 307 g/mol. The SMILES string of the molecule is Nc1nc(-c2ccccc2)cn1/N=C/c1cccc([N+](=O)[O-])c1. The first kappa shape index (κ1) is 14.5. The maximum absolute atomic E-state index is 10.8. The van der Waals surface area contributed by atoms with E-state index in [4.69, 9.17) is 5.73 Å². The lowest BCUT2D eigenvalue weighted by atomic mass is 10.2. The number of nitrogens with zero attached hydrogens (tertiary/aromatic N) is 4. The molecule has 23 heavy (non-hydrogen) atoms. The van der Waals surface area contributed by atoms with E-state index in [-0.39, 0.29) is 11.6 Å². The van der Waals surface area contributed by atoms with Crippen LogP contribution in [-0.4, -0.2) is 20.8 Å². The highest BCUT2D eigenvalue weighted by atomic mass is 16.6. The van der Waals surface area contributed by atoms with Crippen molar-refractivity contribution in [1.82, 2.24) is 9.66 Å². The summed E-state index contributed by atoms with van der Waals surface area (Å²) in [6.45, 7) is 0. The molecule has 3 rings (SSSR count). The highest BCUT2D eigenvalue weighted by molar-refractivity contribution is 5.80. The summed E-state index contributed by atoms with van der Waals surface area (Å²) in [7, 11) is 0. The van der Waals surface area contributed by atoms with Crippen LogP contribution in [0.3, 0.4) is 0 Å². The van der Waals surface area contributed by atoms with Crippen molar-refractivity contribution < 1.29 is 4.92 Å². The Kier molecular flexibility index (Phi) is 3.84. The number of non-ortho nitro benzene ring substituents is 1. The van der Waals surface area contributed by atoms with Crippen LogP contribution in [-0.2, 0) is 0 Å². The molecule has 7 heteroatoms. The summed E-state index contributed by atoms with van der Waals surface area (Å²) >= 11 is 0. The Morgan fingerprint density at radius 3 is 2.70 bits per heavy atom. The summed E-state index contributed by atoms with van der Waals surface area (Å²) < 4.78 is 1.43. The Morgan fingerprint density at radius 2 is 1.96 bits per heavy atom. The van der Waals surface area contributed by atoms with Gasteiger partial charge in [-0.15, -0.1) is 0 Å². The summed E-state index contributed by atoms with van der Waals surface area (Å²) in [6, 6.07) is 15.8. The molecule has 0 aliphatic carbocycles. The summed E-state index contributed by atoms with van der Waals surface area (Å²) in [5.41, 5.74) is 8.11. The molecule has 0 aliphatic heterocycles. The standard InChI is InChI=1S/C16H13N5O2/c17-16-19-15(13-6-2-1-3-7-13)11-20(16)18-10-12-5-4-8-14(9-12)21(22)23/h1-11H,(H2,17,19)/b18-10+. The predicted octanol–water partition coefficient (Wildman–Crippen LogP) is 2.92. The fourth-order valence-electron chi connectivity index (χ4n) is 2.07. The molecule has 0 aliphatic rings. The lowest BCUT2D eigenvalue weighted by molar-refractivity contribution is -0.384. The maximum Gasteiger partial charge on any atom is 0.270 e. The normalized spacial score (nSPS) is 11.0. The number of nitro benzene ring substituents is 1. The summed E-state index contributed by atoms with van der Waals surface area (Å²) in [5, 5.41) is 15.0. The van der Waals surface area contributed by atoms with Crippen molar-refractivity contribution in [2.45, 2.75) is 0 Å². The monoisotopic (exact) mass is 307 g/mol. The summed E-state index contributed by atoms with van der Waals surface area (Å²) in [4.78, 5) is 14.6. The van der Waals surface area contributed by atoms with Gasteiger partial charge in [-0.1, -0.05) is 42.5 Å². The molecule has 0 fully saturated rings. The van der Waals surface area contributed by atoms with Crippen molar-refractivity contribution in [3.05, 3.63) is 76.5 Å². The molecule has 0 saturated carbocycles. The van der Waals surface area contributed by atoms with E-state index >= 15 is 0 Å². The molecule has 114 valence electrons. The Hall–Kier alpha value is -3.48. The number of rotatable bonds is 4. The quantitative estimate of drug-likeness (QED) is 0.455. The number of nitrogens with two attached hydrogens (primary N) is 1. The van der Waals surface area contributed by atoms with Crippen molar-refractivity contribution in [1.29, 1.82) is 0 Å². The van der Waals surface area contributed by atoms with E-state index in [9.17, 15) is 10.1 Å². The van der Waals surface area contributed by atoms with Crippen molar-refractivity contribution in [2.24, 2.45) is 5.10 Å². The number of anilines is 1. The van der Waals surface area contributed by atoms with Crippen molar-refractivity contribution in [2.75, 3.05) is 5.73 Å². The van der Waals surface area contributed by atoms with E-state index < -0.39 is 4.92 Å². The van der Waals surface area contributed by atoms with Gasteiger partial charge in [0.1, 0.15) is 0 Å². The van der Waals surface area contributed by atoms with Crippen LogP contribution in [0.15, 0.2) is 65.9 Å². The van der Waals surface area contributed by atoms with Crippen LogP contribution in [0.5, 0.6) is 0 Å². The lowest BCUT2D eigenvalue weighted by Crippen LogP contribution is -1.97. The van der Waals surface area contributed by atoms with Crippen LogP contribution >= 0.6 is 0 Å². The lowest BCUT2D eigenvalue weighted by Gasteiger charge is -1.96. The fourth-order valence-corrected chi connectivity index (χ4v) is 2.07. The number of aromatic nitrogens is 2. The van der Waals surface area contributed by atoms with Crippen LogP contribution in [0, 0.1) is 10.1 Å². The van der Waals surface area contributed by atoms with Crippen LogP contribution in [0.2, 0.25) is 0 Å². The first-order valence-electron chi connectivity index (χ1n) is 6.82. The summed E-state index contributed by atoms with van der Waals surface area (Å²) in [6.07, 6.45) is 3.21. The van der Waals surface area contributed by atoms with E-state index in [2.05, 4.69) is 10.1 Å². The van der Waals surface area contributed by atoms with Gasteiger partial charge >= 0.3 is 0 Å². The third-order valence-corrected chi connectivity index (χ3v) is 3.20. The van der Waals surface area contributed by atoms with E-state index in [1.54, 1.807) is 18.3 Å². The molecule has 7 nitrogen and oxygen atoms in total. The third-order valence-electron chi connectivity index (χ3n) is 3.20. The van der Waals surface area contributed by atoms with Gasteiger partial charge in [0, 0.05) is 23.3 Å². The van der Waals surface area contributed by atoms with Gasteiger partial charge < -0.3 is 5.73 Å². The molecule has 0 bridgehead atoms. The largest absolute Gasteiger partial charge is 0.368 e. The molecule has 0 radical (unpaired) electrons. The second-order valence-electron chi connectivity index (χ2n) is 4.79. The Labute approximate surface area is 131 Å². The zero-order valence-electron chi connectivity index (χ0n) is 12.0. The van der Waals surface area contributed by atoms with Gasteiger partial charge in [-0.05, 0) is 0 Å². The minimum atomic E-state index is -0.448. The number of nitrogen functional groups attached to an aromatic ring is 1. The molecule has 0 saturated heterocycles. The highest BCUT2D eigenvalue weighted by Crippen LogP contribution is 2.19. The maximum atomic E-state index is 10.8. The number of hydrogen-bond acceptors (Lipinski definition) is 5. The van der Waals surface area contributed by atoms with Crippen LogP contribution < -0.4 is 5.73 Å². The first-order chi connectivity index (χ1) is 11.1. The van der Waals surface area contributed by atoms with E-state index in [1.807, 2.05) is 30.3 Å². The zero-order valence-corrected chi connectivity index (χ0v) is 12.0. The molecular formula is C16H13N5O2. The van der Waals surface area contributed by atoms with Gasteiger partial charge in [0.05, 0.1) is 23.0 Å². The van der Waals surface area contributed by atoms with Gasteiger partial charge in [0.25, 0.3) is 5.69 Å². The average Bonchev–Trinajstić information content (AvgIpc) is 2.95. The van der Waals surface area contributed by atoms with Crippen molar-refractivity contribution in [3.8, 4) is 11.3 Å². The van der Waals surface area contributed by atoms with Crippen LogP contribution in [0.25, 0.3) is 11.3 Å². The molecule has 2 N–H and O–H groups in total. The molecule has 0 spiro atoms. The number of imidazole rings is 1.